The van der Waals surface area contributed by atoms with Crippen LogP contribution in [0.4, 0.5) is 0 Å². The van der Waals surface area contributed by atoms with Crippen molar-refractivity contribution in [1.29, 1.82) is 0 Å². The molecular formula is C15H16N2O3S2. The van der Waals surface area contributed by atoms with E-state index in [-0.39, 0.29) is 23.0 Å². The summed E-state index contributed by atoms with van der Waals surface area (Å²) in [7, 11) is -2.95. The van der Waals surface area contributed by atoms with E-state index < -0.39 is 9.84 Å². The molecule has 2 bridgehead atoms. The van der Waals surface area contributed by atoms with Gasteiger partial charge in [0.2, 0.25) is 5.91 Å². The highest BCUT2D eigenvalue weighted by molar-refractivity contribution is 8.00. The summed E-state index contributed by atoms with van der Waals surface area (Å²) in [5.41, 5.74) is 1.06. The van der Waals surface area contributed by atoms with Crippen LogP contribution in [-0.2, 0) is 14.6 Å². The van der Waals surface area contributed by atoms with Gasteiger partial charge in [-0.2, -0.15) is 0 Å². The Hall–Kier alpha value is -1.47. The molecular weight excluding hydrogens is 320 g/mol. The minimum atomic E-state index is -2.95. The molecule has 1 aromatic carbocycles. The quantitative estimate of drug-likeness (QED) is 0.866. The van der Waals surface area contributed by atoms with Gasteiger partial charge in [0.25, 0.3) is 0 Å². The van der Waals surface area contributed by atoms with Crippen molar-refractivity contribution in [1.82, 2.24) is 9.88 Å². The highest BCUT2D eigenvalue weighted by Crippen LogP contribution is 2.34. The first kappa shape index (κ1) is 14.1. The summed E-state index contributed by atoms with van der Waals surface area (Å²) in [5, 5.41) is 0.783. The van der Waals surface area contributed by atoms with Crippen LogP contribution in [0.25, 0.3) is 10.9 Å². The maximum Gasteiger partial charge on any atom is 0.233 e. The van der Waals surface area contributed by atoms with Crippen LogP contribution in [0, 0.1) is 0 Å². The van der Waals surface area contributed by atoms with Gasteiger partial charge >= 0.3 is 0 Å². The second-order valence-electron chi connectivity index (χ2n) is 5.87. The molecule has 5 nitrogen and oxygen atoms in total. The number of rotatable bonds is 3. The molecule has 2 aromatic rings. The third-order valence-electron chi connectivity index (χ3n) is 4.53. The van der Waals surface area contributed by atoms with Crippen molar-refractivity contribution < 1.29 is 13.2 Å². The molecule has 2 aliphatic heterocycles. The van der Waals surface area contributed by atoms with Gasteiger partial charge in [0.1, 0.15) is 0 Å². The van der Waals surface area contributed by atoms with Crippen LogP contribution >= 0.6 is 11.8 Å². The van der Waals surface area contributed by atoms with Crippen LogP contribution in [0.3, 0.4) is 0 Å². The molecule has 1 amide bonds. The molecule has 2 unspecified atom stereocenters. The maximum absolute atomic E-state index is 12.4. The molecule has 116 valence electrons. The van der Waals surface area contributed by atoms with Crippen molar-refractivity contribution in [2.75, 3.05) is 18.1 Å². The van der Waals surface area contributed by atoms with Crippen LogP contribution in [0.15, 0.2) is 35.4 Å². The third kappa shape index (κ3) is 2.23. The molecule has 0 saturated carbocycles. The predicted molar refractivity (Wildman–Crippen MR) is 86.7 cm³/mol. The van der Waals surface area contributed by atoms with Crippen molar-refractivity contribution in [3.05, 3.63) is 30.5 Å². The Balaban J connectivity index is 1.44. The van der Waals surface area contributed by atoms with E-state index in [4.69, 9.17) is 0 Å². The second kappa shape index (κ2) is 5.03. The molecule has 7 heteroatoms. The molecule has 0 radical (unpaired) electrons. The van der Waals surface area contributed by atoms with Gasteiger partial charge in [-0.25, -0.2) is 8.42 Å². The molecule has 22 heavy (non-hydrogen) atoms. The van der Waals surface area contributed by atoms with E-state index in [0.717, 1.165) is 15.8 Å². The van der Waals surface area contributed by atoms with Crippen molar-refractivity contribution in [2.24, 2.45) is 0 Å². The number of hydrogen-bond acceptors (Lipinski definition) is 4. The van der Waals surface area contributed by atoms with Gasteiger partial charge in [-0.3, -0.25) is 4.79 Å². The van der Waals surface area contributed by atoms with E-state index in [1.54, 1.807) is 4.90 Å². The third-order valence-corrected chi connectivity index (χ3v) is 7.78. The fourth-order valence-electron chi connectivity index (χ4n) is 3.39. The first-order valence-corrected chi connectivity index (χ1v) is 9.94. The van der Waals surface area contributed by atoms with Gasteiger partial charge in [0, 0.05) is 34.6 Å². The van der Waals surface area contributed by atoms with Crippen LogP contribution in [0.5, 0.6) is 0 Å². The number of sulfone groups is 1. The number of benzene rings is 1. The molecule has 2 fully saturated rings. The summed E-state index contributed by atoms with van der Waals surface area (Å²) in [6, 6.07) is 7.88. The summed E-state index contributed by atoms with van der Waals surface area (Å²) in [4.78, 5) is 18.4. The first-order chi connectivity index (χ1) is 10.5. The van der Waals surface area contributed by atoms with Crippen molar-refractivity contribution in [3.63, 3.8) is 0 Å². The minimum Gasteiger partial charge on any atom is -0.360 e. The number of nitrogens with zero attached hydrogens (tertiary/aromatic N) is 1. The van der Waals surface area contributed by atoms with Crippen LogP contribution < -0.4 is 0 Å². The van der Waals surface area contributed by atoms with Gasteiger partial charge in [0.05, 0.1) is 16.8 Å². The normalized spacial score (nSPS) is 25.9. The van der Waals surface area contributed by atoms with Gasteiger partial charge in [0.15, 0.2) is 9.84 Å². The van der Waals surface area contributed by atoms with E-state index in [1.165, 1.54) is 11.8 Å². The number of likely N-dealkylation sites (tertiary alicyclic amines) is 1. The molecule has 2 aliphatic rings. The Morgan fingerprint density at radius 3 is 2.91 bits per heavy atom. The maximum atomic E-state index is 12.4. The lowest BCUT2D eigenvalue weighted by Crippen LogP contribution is -2.44. The topological polar surface area (TPSA) is 70.2 Å². The number of para-hydroxylation sites is 1. The fraction of sp³-hybridized carbons (Fsp3) is 0.400. The Morgan fingerprint density at radius 2 is 2.18 bits per heavy atom. The zero-order valence-corrected chi connectivity index (χ0v) is 13.5. The van der Waals surface area contributed by atoms with E-state index in [9.17, 15) is 13.2 Å². The molecule has 0 spiro atoms. The number of aromatic nitrogens is 1. The fourth-order valence-corrected chi connectivity index (χ4v) is 6.34. The highest BCUT2D eigenvalue weighted by Gasteiger charge is 2.49. The summed E-state index contributed by atoms with van der Waals surface area (Å²) in [5.74, 6) is 0.532. The smallest absolute Gasteiger partial charge is 0.233 e. The lowest BCUT2D eigenvalue weighted by atomic mass is 10.2. The van der Waals surface area contributed by atoms with Crippen LogP contribution in [0.1, 0.15) is 6.42 Å². The molecule has 2 atom stereocenters. The van der Waals surface area contributed by atoms with E-state index in [2.05, 4.69) is 4.98 Å². The largest absolute Gasteiger partial charge is 0.360 e. The number of fused-ring (bicyclic) bond motifs is 3. The lowest BCUT2D eigenvalue weighted by molar-refractivity contribution is -0.128. The van der Waals surface area contributed by atoms with E-state index >= 15 is 0 Å². The summed E-state index contributed by atoms with van der Waals surface area (Å²) in [6.45, 7) is 0.375. The van der Waals surface area contributed by atoms with Gasteiger partial charge in [-0.05, 0) is 12.5 Å². The van der Waals surface area contributed by atoms with Gasteiger partial charge in [-0.1, -0.05) is 18.2 Å². The number of H-pyrrole nitrogens is 1. The number of carbonyl (C=O) groups is 1. The highest BCUT2D eigenvalue weighted by atomic mass is 32.2. The zero-order chi connectivity index (χ0) is 15.3. The second-order valence-corrected chi connectivity index (χ2v) is 9.22. The average molecular weight is 336 g/mol. The molecule has 4 rings (SSSR count). The van der Waals surface area contributed by atoms with Gasteiger partial charge in [-0.15, -0.1) is 11.8 Å². The van der Waals surface area contributed by atoms with Crippen molar-refractivity contribution in [3.8, 4) is 0 Å². The first-order valence-electron chi connectivity index (χ1n) is 7.24. The number of thioether (sulfide) groups is 1. The SMILES string of the molecule is O=C(CSc1c[nH]c2ccccc12)N1CC2CC1CS2(=O)=O. The molecule has 2 saturated heterocycles. The van der Waals surface area contributed by atoms with E-state index in [1.807, 2.05) is 30.5 Å². The number of carbonyl (C=O) groups excluding carboxylic acids is 1. The van der Waals surface area contributed by atoms with Gasteiger partial charge < -0.3 is 9.88 Å². The average Bonchev–Trinajstić information content (AvgIpc) is 3.15. The number of amides is 1. The molecule has 1 aromatic heterocycles. The number of nitrogens with one attached hydrogen (secondary N) is 1. The summed E-state index contributed by atoms with van der Waals surface area (Å²) in [6.07, 6.45) is 2.54. The Labute approximate surface area is 133 Å². The summed E-state index contributed by atoms with van der Waals surface area (Å²) >= 11 is 1.51. The number of hydrogen-bond donors (Lipinski definition) is 1. The molecule has 3 heterocycles. The Morgan fingerprint density at radius 1 is 1.36 bits per heavy atom. The van der Waals surface area contributed by atoms with Crippen LogP contribution in [-0.4, -0.2) is 53.6 Å². The molecule has 0 aliphatic carbocycles. The Kier molecular flexibility index (Phi) is 3.23. The van der Waals surface area contributed by atoms with Crippen molar-refractivity contribution in [2.45, 2.75) is 22.6 Å². The predicted octanol–water partition coefficient (Wildman–Crippen LogP) is 1.66. The van der Waals surface area contributed by atoms with Crippen LogP contribution in [0.2, 0.25) is 0 Å². The summed E-state index contributed by atoms with van der Waals surface area (Å²) < 4.78 is 23.5. The minimum absolute atomic E-state index is 0.0395. The monoisotopic (exact) mass is 336 g/mol. The van der Waals surface area contributed by atoms with Crippen molar-refractivity contribution >= 4 is 38.4 Å². The standard InChI is InChI=1S/C15H16N2O3S2/c18-15(17-7-11-5-10(17)9-22(11,19)20)8-21-14-6-16-13-4-2-1-3-12(13)14/h1-4,6,10-11,16H,5,7-9H2. The Bertz CT molecular complexity index is 843. The lowest BCUT2D eigenvalue weighted by Gasteiger charge is -2.26. The van der Waals surface area contributed by atoms with E-state index in [0.29, 0.717) is 18.7 Å². The molecule has 1 N–H and O–H groups in total. The zero-order valence-electron chi connectivity index (χ0n) is 11.9. The number of aromatic amines is 1.